The van der Waals surface area contributed by atoms with Crippen LogP contribution < -0.4 is 4.74 Å². The first kappa shape index (κ1) is 13.5. The number of aromatic carboxylic acids is 1. The van der Waals surface area contributed by atoms with Gasteiger partial charge in [-0.1, -0.05) is 19.1 Å². The lowest BCUT2D eigenvalue weighted by Gasteiger charge is -2.08. The van der Waals surface area contributed by atoms with Gasteiger partial charge >= 0.3 is 5.97 Å². The number of rotatable bonds is 6. The Morgan fingerprint density at radius 3 is 2.59 bits per heavy atom. The molecule has 0 aromatic heterocycles. The van der Waals surface area contributed by atoms with E-state index in [9.17, 15) is 13.2 Å². The molecule has 5 nitrogen and oxygen atoms in total. The quantitative estimate of drug-likeness (QED) is 0.829. The van der Waals surface area contributed by atoms with E-state index in [2.05, 4.69) is 0 Å². The summed E-state index contributed by atoms with van der Waals surface area (Å²) in [7, 11) is -3.10. The Labute approximate surface area is 100.0 Å². The Kier molecular flexibility index (Phi) is 4.51. The summed E-state index contributed by atoms with van der Waals surface area (Å²) < 4.78 is 27.6. The third-order valence-electron chi connectivity index (χ3n) is 2.21. The van der Waals surface area contributed by atoms with Gasteiger partial charge < -0.3 is 9.84 Å². The largest absolute Gasteiger partial charge is 0.492 e. The van der Waals surface area contributed by atoms with Gasteiger partial charge in [-0.2, -0.15) is 0 Å². The van der Waals surface area contributed by atoms with Gasteiger partial charge in [0.15, 0.2) is 9.84 Å². The van der Waals surface area contributed by atoms with Crippen LogP contribution in [-0.2, 0) is 9.84 Å². The molecule has 0 aliphatic heterocycles. The first-order valence-corrected chi connectivity index (χ1v) is 6.94. The van der Waals surface area contributed by atoms with Gasteiger partial charge in [-0.15, -0.1) is 0 Å². The molecule has 0 unspecified atom stereocenters. The molecule has 0 spiro atoms. The van der Waals surface area contributed by atoms with Crippen molar-refractivity contribution in [2.24, 2.45) is 0 Å². The molecule has 0 saturated heterocycles. The molecule has 17 heavy (non-hydrogen) atoms. The monoisotopic (exact) mass is 258 g/mol. The summed E-state index contributed by atoms with van der Waals surface area (Å²) in [5, 5.41) is 8.87. The topological polar surface area (TPSA) is 80.7 Å². The van der Waals surface area contributed by atoms with Crippen LogP contribution in [-0.4, -0.2) is 37.6 Å². The van der Waals surface area contributed by atoms with Gasteiger partial charge in [0.2, 0.25) is 0 Å². The van der Waals surface area contributed by atoms with Crippen molar-refractivity contribution < 1.29 is 23.1 Å². The van der Waals surface area contributed by atoms with E-state index in [1.165, 1.54) is 12.1 Å². The van der Waals surface area contributed by atoms with E-state index in [1.54, 1.807) is 19.1 Å². The van der Waals surface area contributed by atoms with Crippen molar-refractivity contribution in [3.8, 4) is 5.75 Å². The van der Waals surface area contributed by atoms with Gasteiger partial charge in [-0.25, -0.2) is 13.2 Å². The van der Waals surface area contributed by atoms with Gasteiger partial charge in [-0.05, 0) is 12.1 Å². The number of benzene rings is 1. The maximum Gasteiger partial charge on any atom is 0.339 e. The Morgan fingerprint density at radius 1 is 1.35 bits per heavy atom. The van der Waals surface area contributed by atoms with Crippen LogP contribution in [0.15, 0.2) is 24.3 Å². The fraction of sp³-hybridized carbons (Fsp3) is 0.364. The van der Waals surface area contributed by atoms with Gasteiger partial charge in [0.05, 0.1) is 5.75 Å². The summed E-state index contributed by atoms with van der Waals surface area (Å²) in [6.45, 7) is 1.51. The lowest BCUT2D eigenvalue weighted by atomic mass is 10.2. The minimum atomic E-state index is -3.10. The fourth-order valence-corrected chi connectivity index (χ4v) is 1.82. The number of carbonyl (C=O) groups is 1. The van der Waals surface area contributed by atoms with E-state index in [-0.39, 0.29) is 29.4 Å². The van der Waals surface area contributed by atoms with E-state index in [4.69, 9.17) is 9.84 Å². The lowest BCUT2D eigenvalue weighted by Crippen LogP contribution is -2.16. The molecule has 0 heterocycles. The zero-order valence-corrected chi connectivity index (χ0v) is 10.2. The molecule has 0 atom stereocenters. The summed E-state index contributed by atoms with van der Waals surface area (Å²) in [5.74, 6) is -0.973. The lowest BCUT2D eigenvalue weighted by molar-refractivity contribution is 0.0692. The predicted molar refractivity (Wildman–Crippen MR) is 63.2 cm³/mol. The van der Waals surface area contributed by atoms with Gasteiger partial charge in [0.25, 0.3) is 0 Å². The molecule has 0 aliphatic rings. The molecular weight excluding hydrogens is 244 g/mol. The Morgan fingerprint density at radius 2 is 2.00 bits per heavy atom. The molecule has 1 rings (SSSR count). The Bertz CT molecular complexity index is 492. The van der Waals surface area contributed by atoms with Gasteiger partial charge in [-0.3, -0.25) is 0 Å². The van der Waals surface area contributed by atoms with E-state index in [0.29, 0.717) is 0 Å². The molecule has 0 fully saturated rings. The van der Waals surface area contributed by atoms with Crippen LogP contribution in [0.1, 0.15) is 17.3 Å². The normalized spacial score (nSPS) is 11.1. The SMILES string of the molecule is CCS(=O)(=O)CCOc1ccccc1C(=O)O. The van der Waals surface area contributed by atoms with E-state index in [1.807, 2.05) is 0 Å². The highest BCUT2D eigenvalue weighted by Crippen LogP contribution is 2.17. The molecule has 0 radical (unpaired) electrons. The predicted octanol–water partition coefficient (Wildman–Crippen LogP) is 1.20. The summed E-state index contributed by atoms with van der Waals surface area (Å²) in [4.78, 5) is 10.8. The molecule has 6 heteroatoms. The summed E-state index contributed by atoms with van der Waals surface area (Å²) >= 11 is 0. The van der Waals surface area contributed by atoms with Gasteiger partial charge in [0.1, 0.15) is 17.9 Å². The maximum atomic E-state index is 11.2. The van der Waals surface area contributed by atoms with Crippen LogP contribution in [0.4, 0.5) is 0 Å². The van der Waals surface area contributed by atoms with Gasteiger partial charge in [0, 0.05) is 5.75 Å². The molecule has 0 aliphatic carbocycles. The minimum Gasteiger partial charge on any atom is -0.492 e. The second-order valence-electron chi connectivity index (χ2n) is 3.39. The number of carboxylic acid groups (broad SMARTS) is 1. The van der Waals surface area contributed by atoms with Crippen LogP contribution in [0, 0.1) is 0 Å². The number of para-hydroxylation sites is 1. The molecule has 1 aromatic carbocycles. The number of sulfone groups is 1. The summed E-state index contributed by atoms with van der Waals surface area (Å²) in [6.07, 6.45) is 0. The standard InChI is InChI=1S/C11H14O5S/c1-2-17(14,15)8-7-16-10-6-4-3-5-9(10)11(12)13/h3-6H,2,7-8H2,1H3,(H,12,13). The van der Waals surface area contributed by atoms with E-state index >= 15 is 0 Å². The van der Waals surface area contributed by atoms with Crippen molar-refractivity contribution in [2.45, 2.75) is 6.92 Å². The summed E-state index contributed by atoms with van der Waals surface area (Å²) in [6, 6.07) is 6.13. The van der Waals surface area contributed by atoms with Crippen molar-refractivity contribution in [3.05, 3.63) is 29.8 Å². The highest BCUT2D eigenvalue weighted by atomic mass is 32.2. The van der Waals surface area contributed by atoms with Crippen molar-refractivity contribution in [1.82, 2.24) is 0 Å². The van der Waals surface area contributed by atoms with Crippen molar-refractivity contribution in [3.63, 3.8) is 0 Å². The van der Waals surface area contributed by atoms with Crippen LogP contribution >= 0.6 is 0 Å². The van der Waals surface area contributed by atoms with Crippen molar-refractivity contribution in [2.75, 3.05) is 18.1 Å². The second-order valence-corrected chi connectivity index (χ2v) is 5.86. The Hall–Kier alpha value is -1.56. The smallest absolute Gasteiger partial charge is 0.339 e. The summed E-state index contributed by atoms with van der Waals surface area (Å²) in [5.41, 5.74) is 0.0291. The van der Waals surface area contributed by atoms with E-state index in [0.717, 1.165) is 0 Å². The third-order valence-corrected chi connectivity index (χ3v) is 3.88. The average molecular weight is 258 g/mol. The zero-order chi connectivity index (χ0) is 12.9. The first-order valence-electron chi connectivity index (χ1n) is 5.12. The van der Waals surface area contributed by atoms with Crippen molar-refractivity contribution in [1.29, 1.82) is 0 Å². The average Bonchev–Trinajstić information content (AvgIpc) is 2.29. The first-order chi connectivity index (χ1) is 7.96. The molecular formula is C11H14O5S. The number of carboxylic acids is 1. The van der Waals surface area contributed by atoms with Crippen LogP contribution in [0.3, 0.4) is 0 Å². The molecule has 0 bridgehead atoms. The molecule has 0 saturated carbocycles. The van der Waals surface area contributed by atoms with Crippen LogP contribution in [0.2, 0.25) is 0 Å². The maximum absolute atomic E-state index is 11.2. The highest BCUT2D eigenvalue weighted by Gasteiger charge is 2.12. The number of hydrogen-bond donors (Lipinski definition) is 1. The van der Waals surface area contributed by atoms with Crippen LogP contribution in [0.25, 0.3) is 0 Å². The zero-order valence-electron chi connectivity index (χ0n) is 9.42. The van der Waals surface area contributed by atoms with Crippen LogP contribution in [0.5, 0.6) is 5.75 Å². The molecule has 0 amide bonds. The third kappa shape index (κ3) is 4.07. The van der Waals surface area contributed by atoms with Crippen molar-refractivity contribution >= 4 is 15.8 Å². The van der Waals surface area contributed by atoms with E-state index < -0.39 is 15.8 Å². The minimum absolute atomic E-state index is 0.0291. The fourth-order valence-electron chi connectivity index (χ4n) is 1.19. The number of ether oxygens (including phenoxy) is 1. The molecule has 1 aromatic rings. The number of hydrogen-bond acceptors (Lipinski definition) is 4. The molecule has 94 valence electrons. The molecule has 1 N–H and O–H groups in total. The highest BCUT2D eigenvalue weighted by molar-refractivity contribution is 7.91. The second kappa shape index (κ2) is 5.67. The Balaban J connectivity index is 2.67.